The van der Waals surface area contributed by atoms with Crippen molar-refractivity contribution in [2.45, 2.75) is 20.8 Å². The van der Waals surface area contributed by atoms with E-state index in [-0.39, 0.29) is 11.6 Å². The van der Waals surface area contributed by atoms with Crippen molar-refractivity contribution in [3.8, 4) is 0 Å². The first-order chi connectivity index (χ1) is 10.0. The Morgan fingerprint density at radius 1 is 1.24 bits per heavy atom. The van der Waals surface area contributed by atoms with Crippen LogP contribution in [0.1, 0.15) is 28.5 Å². The maximum absolute atomic E-state index is 12.4. The summed E-state index contributed by atoms with van der Waals surface area (Å²) in [6, 6.07) is 9.32. The van der Waals surface area contributed by atoms with Crippen LogP contribution in [0, 0.1) is 13.8 Å². The number of nitrogens with one attached hydrogen (secondary N) is 2. The van der Waals surface area contributed by atoms with Crippen LogP contribution in [0.25, 0.3) is 0 Å². The molecule has 1 aromatic carbocycles. The van der Waals surface area contributed by atoms with Crippen molar-refractivity contribution in [1.82, 2.24) is 4.98 Å². The van der Waals surface area contributed by atoms with Crippen molar-refractivity contribution in [3.05, 3.63) is 52.2 Å². The van der Waals surface area contributed by atoms with Crippen LogP contribution < -0.4 is 10.6 Å². The summed E-state index contributed by atoms with van der Waals surface area (Å²) in [6.45, 7) is 6.62. The first-order valence-electron chi connectivity index (χ1n) is 6.80. The molecule has 21 heavy (non-hydrogen) atoms. The number of carbonyl (C=O) groups is 1. The first-order valence-corrected chi connectivity index (χ1v) is 7.18. The average molecular weight is 304 g/mol. The van der Waals surface area contributed by atoms with Crippen molar-refractivity contribution in [2.24, 2.45) is 0 Å². The molecular weight excluding hydrogens is 286 g/mol. The zero-order valence-corrected chi connectivity index (χ0v) is 13.1. The molecule has 0 fully saturated rings. The van der Waals surface area contributed by atoms with Crippen LogP contribution in [-0.4, -0.2) is 17.4 Å². The molecule has 0 atom stereocenters. The van der Waals surface area contributed by atoms with Crippen molar-refractivity contribution in [2.75, 3.05) is 17.2 Å². The minimum Gasteiger partial charge on any atom is -0.370 e. The Kier molecular flexibility index (Phi) is 4.81. The summed E-state index contributed by atoms with van der Waals surface area (Å²) >= 11 is 6.08. The van der Waals surface area contributed by atoms with Gasteiger partial charge in [-0.3, -0.25) is 4.79 Å². The molecule has 0 bridgehead atoms. The molecule has 0 spiro atoms. The smallest absolute Gasteiger partial charge is 0.275 e. The average Bonchev–Trinajstić information content (AvgIpc) is 2.45. The number of aromatic nitrogens is 1. The van der Waals surface area contributed by atoms with Gasteiger partial charge in [0.1, 0.15) is 11.5 Å². The monoisotopic (exact) mass is 303 g/mol. The number of carbonyl (C=O) groups excluding carboxylic acids is 1. The molecule has 0 aliphatic heterocycles. The van der Waals surface area contributed by atoms with Gasteiger partial charge >= 0.3 is 0 Å². The Balaban J connectivity index is 2.27. The minimum absolute atomic E-state index is 0.219. The number of aryl methyl sites for hydroxylation is 2. The highest BCUT2D eigenvalue weighted by molar-refractivity contribution is 6.34. The maximum atomic E-state index is 12.4. The van der Waals surface area contributed by atoms with E-state index in [1.807, 2.05) is 39.0 Å². The van der Waals surface area contributed by atoms with E-state index >= 15 is 0 Å². The minimum atomic E-state index is -0.312. The van der Waals surface area contributed by atoms with E-state index in [9.17, 15) is 4.79 Å². The molecule has 0 unspecified atom stereocenters. The standard InChI is InChI=1S/C16H18ClN3O/c1-4-18-14-8-7-12(17)15(20-14)16(21)19-13-9-10(2)5-6-11(13)3/h5-9H,4H2,1-3H3,(H,18,20)(H,19,21). The number of hydrogen-bond donors (Lipinski definition) is 2. The Morgan fingerprint density at radius 2 is 2.00 bits per heavy atom. The summed E-state index contributed by atoms with van der Waals surface area (Å²) in [6.07, 6.45) is 0. The fourth-order valence-electron chi connectivity index (χ4n) is 1.93. The normalized spacial score (nSPS) is 10.3. The third-order valence-corrected chi connectivity index (χ3v) is 3.37. The molecule has 0 radical (unpaired) electrons. The second-order valence-corrected chi connectivity index (χ2v) is 5.24. The third kappa shape index (κ3) is 3.73. The molecule has 2 aromatic rings. The highest BCUT2D eigenvalue weighted by atomic mass is 35.5. The molecule has 5 heteroatoms. The first kappa shape index (κ1) is 15.3. The Labute approximate surface area is 129 Å². The number of nitrogens with zero attached hydrogens (tertiary/aromatic N) is 1. The summed E-state index contributed by atoms with van der Waals surface area (Å²) in [7, 11) is 0. The number of pyridine rings is 1. The second-order valence-electron chi connectivity index (χ2n) is 4.83. The molecule has 1 heterocycles. The van der Waals surface area contributed by atoms with Crippen LogP contribution in [0.15, 0.2) is 30.3 Å². The van der Waals surface area contributed by atoms with Gasteiger partial charge in [-0.25, -0.2) is 4.98 Å². The largest absolute Gasteiger partial charge is 0.370 e. The number of hydrogen-bond acceptors (Lipinski definition) is 3. The second kappa shape index (κ2) is 6.59. The predicted octanol–water partition coefficient (Wildman–Crippen LogP) is 4.04. The number of benzene rings is 1. The molecule has 0 aliphatic rings. The number of halogens is 1. The molecule has 0 saturated carbocycles. The SMILES string of the molecule is CCNc1ccc(Cl)c(C(=O)Nc2cc(C)ccc2C)n1. The zero-order chi connectivity index (χ0) is 15.4. The Hall–Kier alpha value is -2.07. The van der Waals surface area contributed by atoms with E-state index in [1.165, 1.54) is 0 Å². The van der Waals surface area contributed by atoms with Crippen molar-refractivity contribution in [3.63, 3.8) is 0 Å². The fourth-order valence-corrected chi connectivity index (χ4v) is 2.12. The summed E-state index contributed by atoms with van der Waals surface area (Å²) in [5, 5.41) is 6.26. The van der Waals surface area contributed by atoms with Crippen LogP contribution in [0.5, 0.6) is 0 Å². The summed E-state index contributed by atoms with van der Waals surface area (Å²) < 4.78 is 0. The van der Waals surface area contributed by atoms with E-state index in [2.05, 4.69) is 15.6 Å². The third-order valence-electron chi connectivity index (χ3n) is 3.06. The quantitative estimate of drug-likeness (QED) is 0.896. The lowest BCUT2D eigenvalue weighted by atomic mass is 10.1. The summed E-state index contributed by atoms with van der Waals surface area (Å²) in [4.78, 5) is 16.6. The van der Waals surface area contributed by atoms with Crippen LogP contribution in [0.3, 0.4) is 0 Å². The molecule has 4 nitrogen and oxygen atoms in total. The van der Waals surface area contributed by atoms with Gasteiger partial charge in [0.05, 0.1) is 5.02 Å². The maximum Gasteiger partial charge on any atom is 0.275 e. The van der Waals surface area contributed by atoms with Gasteiger partial charge in [-0.05, 0) is 50.1 Å². The topological polar surface area (TPSA) is 54.0 Å². The summed E-state index contributed by atoms with van der Waals surface area (Å²) in [5.74, 6) is 0.321. The van der Waals surface area contributed by atoms with Crippen LogP contribution in [-0.2, 0) is 0 Å². The Bertz CT molecular complexity index is 671. The molecule has 2 N–H and O–H groups in total. The van der Waals surface area contributed by atoms with Crippen LogP contribution in [0.2, 0.25) is 5.02 Å². The predicted molar refractivity (Wildman–Crippen MR) is 87.3 cm³/mol. The molecule has 110 valence electrons. The molecule has 0 saturated heterocycles. The van der Waals surface area contributed by atoms with Gasteiger partial charge in [-0.1, -0.05) is 23.7 Å². The van der Waals surface area contributed by atoms with E-state index in [4.69, 9.17) is 11.6 Å². The van der Waals surface area contributed by atoms with E-state index in [0.29, 0.717) is 10.8 Å². The molecule has 2 rings (SSSR count). The summed E-state index contributed by atoms with van der Waals surface area (Å²) in [5.41, 5.74) is 3.06. The highest BCUT2D eigenvalue weighted by Gasteiger charge is 2.14. The van der Waals surface area contributed by atoms with Gasteiger partial charge in [0.25, 0.3) is 5.91 Å². The van der Waals surface area contributed by atoms with Crippen molar-refractivity contribution >= 4 is 29.0 Å². The Morgan fingerprint density at radius 3 is 2.71 bits per heavy atom. The highest BCUT2D eigenvalue weighted by Crippen LogP contribution is 2.21. The van der Waals surface area contributed by atoms with Gasteiger partial charge in [0.2, 0.25) is 0 Å². The number of amides is 1. The van der Waals surface area contributed by atoms with Gasteiger partial charge in [-0.15, -0.1) is 0 Å². The lowest BCUT2D eigenvalue weighted by Gasteiger charge is -2.11. The van der Waals surface area contributed by atoms with Crippen molar-refractivity contribution in [1.29, 1.82) is 0 Å². The lowest BCUT2D eigenvalue weighted by Crippen LogP contribution is -2.16. The fraction of sp³-hybridized carbons (Fsp3) is 0.250. The van der Waals surface area contributed by atoms with E-state index < -0.39 is 0 Å². The molecule has 0 aliphatic carbocycles. The van der Waals surface area contributed by atoms with Gasteiger partial charge in [0, 0.05) is 12.2 Å². The van der Waals surface area contributed by atoms with Gasteiger partial charge in [0.15, 0.2) is 0 Å². The molecule has 1 amide bonds. The lowest BCUT2D eigenvalue weighted by molar-refractivity contribution is 0.102. The van der Waals surface area contributed by atoms with Crippen LogP contribution >= 0.6 is 11.6 Å². The van der Waals surface area contributed by atoms with Gasteiger partial charge in [-0.2, -0.15) is 0 Å². The van der Waals surface area contributed by atoms with Crippen molar-refractivity contribution < 1.29 is 4.79 Å². The molecular formula is C16H18ClN3O. The van der Waals surface area contributed by atoms with Gasteiger partial charge < -0.3 is 10.6 Å². The molecule has 1 aromatic heterocycles. The number of anilines is 2. The van der Waals surface area contributed by atoms with E-state index in [0.717, 1.165) is 23.4 Å². The number of rotatable bonds is 4. The van der Waals surface area contributed by atoms with Crippen LogP contribution in [0.4, 0.5) is 11.5 Å². The zero-order valence-electron chi connectivity index (χ0n) is 12.3. The van der Waals surface area contributed by atoms with E-state index in [1.54, 1.807) is 12.1 Å².